The molecule has 198 valence electrons. The van der Waals surface area contributed by atoms with Gasteiger partial charge in [0.2, 0.25) is 5.91 Å². The molecule has 1 saturated carbocycles. The maximum absolute atomic E-state index is 13.4. The number of rotatable bonds is 9. The van der Waals surface area contributed by atoms with Crippen LogP contribution >= 0.6 is 11.6 Å². The first-order valence-electron chi connectivity index (χ1n) is 12.0. The number of hydrogen-bond acceptors (Lipinski definition) is 6. The van der Waals surface area contributed by atoms with E-state index in [9.17, 15) is 21.6 Å². The Balaban J connectivity index is 1.50. The molecule has 3 aromatic rings. The minimum atomic E-state index is -3.48. The molecule has 1 unspecified atom stereocenters. The third-order valence-electron chi connectivity index (χ3n) is 6.71. The summed E-state index contributed by atoms with van der Waals surface area (Å²) >= 11 is 6.29. The van der Waals surface area contributed by atoms with Gasteiger partial charge in [0.05, 0.1) is 27.3 Å². The predicted octanol–water partition coefficient (Wildman–Crippen LogP) is 4.69. The van der Waals surface area contributed by atoms with E-state index in [1.165, 1.54) is 12.3 Å². The molecule has 1 aromatic heterocycles. The summed E-state index contributed by atoms with van der Waals surface area (Å²) in [4.78, 5) is 13.7. The van der Waals surface area contributed by atoms with Crippen LogP contribution in [-0.4, -0.2) is 45.0 Å². The van der Waals surface area contributed by atoms with Crippen molar-refractivity contribution in [3.63, 3.8) is 0 Å². The van der Waals surface area contributed by atoms with Gasteiger partial charge in [-0.3, -0.25) is 9.48 Å². The van der Waals surface area contributed by atoms with Crippen LogP contribution in [-0.2, 0) is 31.0 Å². The highest BCUT2D eigenvalue weighted by Gasteiger charge is 2.28. The molecule has 1 amide bonds. The monoisotopic (exact) mass is 563 g/mol. The number of aromatic nitrogens is 2. The molecule has 4 rings (SSSR count). The van der Waals surface area contributed by atoms with Crippen molar-refractivity contribution < 1.29 is 21.6 Å². The number of nitrogens with one attached hydrogen (secondary N) is 1. The molecule has 1 atom stereocenters. The van der Waals surface area contributed by atoms with Crippen LogP contribution in [0.1, 0.15) is 49.1 Å². The standard InChI is InChI=1S/C26H30ClN3O5S2/c1-36(32,33)21-10-7-19(8-11-21)17-30-14-13-25(29-30)28-26(31)22(15-18-5-3-4-6-18)20-9-12-24(23(27)16-20)37(2,34)35/h7-14,16,18,22H,3-6,15,17H2,1-2H3,(H,28,29,31). The van der Waals surface area contributed by atoms with E-state index in [0.29, 0.717) is 30.3 Å². The van der Waals surface area contributed by atoms with Crippen molar-refractivity contribution in [3.05, 3.63) is 70.9 Å². The number of sulfone groups is 2. The third kappa shape index (κ3) is 7.00. The van der Waals surface area contributed by atoms with Crippen molar-refractivity contribution in [2.75, 3.05) is 17.8 Å². The van der Waals surface area contributed by atoms with Gasteiger partial charge in [-0.2, -0.15) is 5.10 Å². The molecule has 2 aromatic carbocycles. The van der Waals surface area contributed by atoms with Gasteiger partial charge in [-0.25, -0.2) is 16.8 Å². The SMILES string of the molecule is CS(=O)(=O)c1ccc(Cn2ccc(NC(=O)C(CC3CCCC3)c3ccc(S(C)(=O)=O)c(Cl)c3)n2)cc1. The lowest BCUT2D eigenvalue weighted by Gasteiger charge is -2.21. The van der Waals surface area contributed by atoms with Gasteiger partial charge < -0.3 is 5.32 Å². The van der Waals surface area contributed by atoms with Crippen LogP contribution in [0.5, 0.6) is 0 Å². The first-order valence-corrected chi connectivity index (χ1v) is 16.2. The fourth-order valence-electron chi connectivity index (χ4n) is 4.77. The van der Waals surface area contributed by atoms with E-state index in [4.69, 9.17) is 11.6 Å². The highest BCUT2D eigenvalue weighted by atomic mass is 35.5. The van der Waals surface area contributed by atoms with Crippen LogP contribution in [0.4, 0.5) is 5.82 Å². The second kappa shape index (κ2) is 11.0. The van der Waals surface area contributed by atoms with Gasteiger partial charge in [0.1, 0.15) is 0 Å². The summed E-state index contributed by atoms with van der Waals surface area (Å²) in [5.74, 6) is 0.0883. The van der Waals surface area contributed by atoms with Gasteiger partial charge in [0.25, 0.3) is 0 Å². The Hall–Kier alpha value is -2.69. The Morgan fingerprint density at radius 3 is 2.30 bits per heavy atom. The van der Waals surface area contributed by atoms with Crippen LogP contribution < -0.4 is 5.32 Å². The number of halogens is 1. The molecule has 0 spiro atoms. The molecule has 1 aliphatic carbocycles. The maximum Gasteiger partial charge on any atom is 0.233 e. The molecule has 1 N–H and O–H groups in total. The Morgan fingerprint density at radius 1 is 1.03 bits per heavy atom. The summed E-state index contributed by atoms with van der Waals surface area (Å²) in [5.41, 5.74) is 1.54. The summed E-state index contributed by atoms with van der Waals surface area (Å²) in [6.07, 6.45) is 9.06. The van der Waals surface area contributed by atoms with Crippen molar-refractivity contribution in [2.45, 2.75) is 54.4 Å². The van der Waals surface area contributed by atoms with Gasteiger partial charge in [0, 0.05) is 24.8 Å². The molecule has 8 nitrogen and oxygen atoms in total. The van der Waals surface area contributed by atoms with Crippen LogP contribution in [0.25, 0.3) is 0 Å². The third-order valence-corrected chi connectivity index (χ3v) is 9.41. The van der Waals surface area contributed by atoms with E-state index in [1.54, 1.807) is 53.3 Å². The number of benzene rings is 2. The van der Waals surface area contributed by atoms with E-state index in [2.05, 4.69) is 10.4 Å². The largest absolute Gasteiger partial charge is 0.309 e. The van der Waals surface area contributed by atoms with Crippen molar-refractivity contribution in [3.8, 4) is 0 Å². The topological polar surface area (TPSA) is 115 Å². The predicted molar refractivity (Wildman–Crippen MR) is 143 cm³/mol. The molecular formula is C26H30ClN3O5S2. The molecule has 0 aliphatic heterocycles. The van der Waals surface area contributed by atoms with E-state index >= 15 is 0 Å². The number of carbonyl (C=O) groups is 1. The molecule has 1 heterocycles. The first-order chi connectivity index (χ1) is 17.4. The zero-order valence-electron chi connectivity index (χ0n) is 20.7. The number of anilines is 1. The summed E-state index contributed by atoms with van der Waals surface area (Å²) in [6, 6.07) is 13.0. The smallest absolute Gasteiger partial charge is 0.233 e. The lowest BCUT2D eigenvalue weighted by molar-refractivity contribution is -0.118. The molecule has 0 radical (unpaired) electrons. The van der Waals surface area contributed by atoms with Crippen LogP contribution in [0.15, 0.2) is 64.5 Å². The quantitative estimate of drug-likeness (QED) is 0.404. The van der Waals surface area contributed by atoms with Crippen molar-refractivity contribution in [1.82, 2.24) is 9.78 Å². The summed E-state index contributed by atoms with van der Waals surface area (Å²) in [5, 5.41) is 7.46. The van der Waals surface area contributed by atoms with E-state index in [-0.39, 0.29) is 20.7 Å². The van der Waals surface area contributed by atoms with Gasteiger partial charge in [-0.1, -0.05) is 55.5 Å². The zero-order valence-corrected chi connectivity index (χ0v) is 23.1. The molecule has 0 bridgehead atoms. The normalized spacial score (nSPS) is 15.5. The Labute approximate surface area is 222 Å². The van der Waals surface area contributed by atoms with Gasteiger partial charge >= 0.3 is 0 Å². The van der Waals surface area contributed by atoms with Crippen LogP contribution in [0.3, 0.4) is 0 Å². The van der Waals surface area contributed by atoms with Crippen LogP contribution in [0.2, 0.25) is 5.02 Å². The second-order valence-corrected chi connectivity index (χ2v) is 14.1. The molecule has 1 fully saturated rings. The number of hydrogen-bond donors (Lipinski definition) is 1. The Kier molecular flexibility index (Phi) is 8.11. The first kappa shape index (κ1) is 27.3. The van der Waals surface area contributed by atoms with Gasteiger partial charge in [0.15, 0.2) is 25.5 Å². The van der Waals surface area contributed by atoms with E-state index in [1.807, 2.05) is 0 Å². The van der Waals surface area contributed by atoms with Crippen molar-refractivity contribution in [2.24, 2.45) is 5.92 Å². The highest BCUT2D eigenvalue weighted by Crippen LogP contribution is 2.36. The lowest BCUT2D eigenvalue weighted by atomic mass is 9.87. The van der Waals surface area contributed by atoms with E-state index in [0.717, 1.165) is 37.5 Å². The van der Waals surface area contributed by atoms with Gasteiger partial charge in [-0.05, 0) is 47.7 Å². The fourth-order valence-corrected chi connectivity index (χ4v) is 6.74. The van der Waals surface area contributed by atoms with E-state index < -0.39 is 25.6 Å². The summed E-state index contributed by atoms with van der Waals surface area (Å²) < 4.78 is 48.9. The summed E-state index contributed by atoms with van der Waals surface area (Å²) in [6.45, 7) is 0.411. The number of carbonyl (C=O) groups excluding carboxylic acids is 1. The molecule has 1 aliphatic rings. The van der Waals surface area contributed by atoms with Crippen LogP contribution in [0, 0.1) is 5.92 Å². The van der Waals surface area contributed by atoms with Gasteiger partial charge in [-0.15, -0.1) is 0 Å². The highest BCUT2D eigenvalue weighted by molar-refractivity contribution is 7.91. The maximum atomic E-state index is 13.4. The second-order valence-electron chi connectivity index (χ2n) is 9.70. The summed E-state index contributed by atoms with van der Waals surface area (Å²) in [7, 11) is -6.74. The molecule has 37 heavy (non-hydrogen) atoms. The zero-order chi connectivity index (χ0) is 26.8. The average Bonchev–Trinajstić information content (AvgIpc) is 3.48. The Bertz CT molecular complexity index is 1490. The lowest BCUT2D eigenvalue weighted by Crippen LogP contribution is -2.23. The average molecular weight is 564 g/mol. The Morgan fingerprint density at radius 2 is 1.70 bits per heavy atom. The number of amides is 1. The fraction of sp³-hybridized carbons (Fsp3) is 0.385. The molecule has 11 heteroatoms. The number of nitrogens with zero attached hydrogens (tertiary/aromatic N) is 2. The van der Waals surface area contributed by atoms with Crippen molar-refractivity contribution >= 4 is 43.0 Å². The van der Waals surface area contributed by atoms with Crippen molar-refractivity contribution in [1.29, 1.82) is 0 Å². The minimum absolute atomic E-state index is 0.0428. The molecular weight excluding hydrogens is 534 g/mol. The molecule has 0 saturated heterocycles. The minimum Gasteiger partial charge on any atom is -0.309 e.